The average Bonchev–Trinajstić information content (AvgIpc) is 2.17. The van der Waals surface area contributed by atoms with E-state index in [9.17, 15) is 13.2 Å². The summed E-state index contributed by atoms with van der Waals surface area (Å²) in [4.78, 5) is 3.11. The fraction of sp³-hybridized carbons (Fsp3) is 0.375. The van der Waals surface area contributed by atoms with E-state index in [1.807, 2.05) is 0 Å². The van der Waals surface area contributed by atoms with Crippen LogP contribution in [0, 0.1) is 5.95 Å². The van der Waals surface area contributed by atoms with E-state index in [0.29, 0.717) is 0 Å². The number of nitrogens with zero attached hydrogens (tertiary/aromatic N) is 1. The number of alkyl halides is 3. The van der Waals surface area contributed by atoms with Crippen molar-refractivity contribution in [1.82, 2.24) is 4.98 Å². The summed E-state index contributed by atoms with van der Waals surface area (Å²) in [5.41, 5.74) is -0.594. The van der Waals surface area contributed by atoms with E-state index in [1.165, 1.54) is 6.07 Å². The minimum atomic E-state index is -2.88. The maximum absolute atomic E-state index is 13.0. The molecule has 1 aromatic heterocycles. The third kappa shape index (κ3) is 2.24. The quantitative estimate of drug-likeness (QED) is 0.676. The summed E-state index contributed by atoms with van der Waals surface area (Å²) in [6.45, 7) is -0.576. The standard InChI is InChI=1S/C8H7BrF3NO/c9-2-4-1-5(3-14)6(7(10)11)13-8(4)12/h1,7,14H,2-3H2. The predicted molar refractivity (Wildman–Crippen MR) is 47.7 cm³/mol. The zero-order chi connectivity index (χ0) is 10.7. The number of halogens is 4. The van der Waals surface area contributed by atoms with Gasteiger partial charge >= 0.3 is 0 Å². The summed E-state index contributed by atoms with van der Waals surface area (Å²) in [5.74, 6) is -0.936. The van der Waals surface area contributed by atoms with Gasteiger partial charge in [0.2, 0.25) is 5.95 Å². The van der Waals surface area contributed by atoms with Gasteiger partial charge in [0.1, 0.15) is 5.69 Å². The highest BCUT2D eigenvalue weighted by Gasteiger charge is 2.17. The lowest BCUT2D eigenvalue weighted by Gasteiger charge is -2.07. The zero-order valence-corrected chi connectivity index (χ0v) is 8.56. The van der Waals surface area contributed by atoms with Gasteiger partial charge < -0.3 is 5.11 Å². The molecule has 14 heavy (non-hydrogen) atoms. The number of hydrogen-bond acceptors (Lipinski definition) is 2. The van der Waals surface area contributed by atoms with Crippen LogP contribution in [0.4, 0.5) is 13.2 Å². The summed E-state index contributed by atoms with van der Waals surface area (Å²) >= 11 is 2.98. The van der Waals surface area contributed by atoms with Gasteiger partial charge in [0.25, 0.3) is 6.43 Å². The van der Waals surface area contributed by atoms with Crippen molar-refractivity contribution in [3.63, 3.8) is 0 Å². The van der Waals surface area contributed by atoms with Gasteiger partial charge in [-0.1, -0.05) is 15.9 Å². The largest absolute Gasteiger partial charge is 0.392 e. The molecule has 0 aliphatic heterocycles. The highest BCUT2D eigenvalue weighted by atomic mass is 79.9. The molecule has 6 heteroatoms. The van der Waals surface area contributed by atoms with Crippen LogP contribution in [0.15, 0.2) is 6.07 Å². The monoisotopic (exact) mass is 269 g/mol. The molecule has 78 valence electrons. The second-order valence-electron chi connectivity index (χ2n) is 2.58. The predicted octanol–water partition coefficient (Wildman–Crippen LogP) is 2.55. The van der Waals surface area contributed by atoms with Crippen molar-refractivity contribution in [3.8, 4) is 0 Å². The van der Waals surface area contributed by atoms with Crippen molar-refractivity contribution in [2.75, 3.05) is 0 Å². The van der Waals surface area contributed by atoms with Crippen molar-refractivity contribution in [2.45, 2.75) is 18.4 Å². The molecule has 1 aromatic rings. The lowest BCUT2D eigenvalue weighted by Crippen LogP contribution is -2.04. The molecule has 1 heterocycles. The SMILES string of the molecule is OCc1cc(CBr)c(F)nc1C(F)F. The molecule has 0 aliphatic rings. The van der Waals surface area contributed by atoms with Gasteiger partial charge in [-0.05, 0) is 6.07 Å². The Morgan fingerprint density at radius 2 is 2.07 bits per heavy atom. The number of aliphatic hydroxyl groups excluding tert-OH is 1. The summed E-state index contributed by atoms with van der Waals surface area (Å²) in [6.07, 6.45) is -2.88. The van der Waals surface area contributed by atoms with Crippen LogP contribution in [0.3, 0.4) is 0 Å². The van der Waals surface area contributed by atoms with Crippen LogP contribution < -0.4 is 0 Å². The van der Waals surface area contributed by atoms with Crippen molar-refractivity contribution in [1.29, 1.82) is 0 Å². The lowest BCUT2D eigenvalue weighted by molar-refractivity contribution is 0.140. The van der Waals surface area contributed by atoms with Gasteiger partial charge in [-0.25, -0.2) is 13.8 Å². The molecule has 0 fully saturated rings. The second kappa shape index (κ2) is 4.75. The van der Waals surface area contributed by atoms with Gasteiger partial charge in [-0.3, -0.25) is 0 Å². The van der Waals surface area contributed by atoms with E-state index in [2.05, 4.69) is 20.9 Å². The van der Waals surface area contributed by atoms with E-state index in [0.717, 1.165) is 0 Å². The normalized spacial score (nSPS) is 11.0. The molecule has 0 aromatic carbocycles. The molecular weight excluding hydrogens is 263 g/mol. The zero-order valence-electron chi connectivity index (χ0n) is 6.98. The van der Waals surface area contributed by atoms with Crippen molar-refractivity contribution in [3.05, 3.63) is 28.8 Å². The fourth-order valence-electron chi connectivity index (χ4n) is 1.00. The Morgan fingerprint density at radius 3 is 2.50 bits per heavy atom. The molecule has 1 rings (SSSR count). The fourth-order valence-corrected chi connectivity index (χ4v) is 1.40. The summed E-state index contributed by atoms with van der Waals surface area (Å²) < 4.78 is 37.5. The summed E-state index contributed by atoms with van der Waals surface area (Å²) in [5, 5.41) is 8.94. The molecule has 0 saturated heterocycles. The minimum Gasteiger partial charge on any atom is -0.392 e. The lowest BCUT2D eigenvalue weighted by atomic mass is 10.1. The van der Waals surface area contributed by atoms with Crippen molar-refractivity contribution >= 4 is 15.9 Å². The molecule has 0 spiro atoms. The third-order valence-electron chi connectivity index (χ3n) is 1.68. The van der Waals surface area contributed by atoms with Gasteiger partial charge in [0.15, 0.2) is 0 Å². The molecule has 0 amide bonds. The number of aliphatic hydroxyl groups is 1. The first-order chi connectivity index (χ1) is 6.60. The Bertz CT molecular complexity index is 333. The molecule has 0 radical (unpaired) electrons. The maximum Gasteiger partial charge on any atom is 0.280 e. The topological polar surface area (TPSA) is 33.1 Å². The molecule has 1 N–H and O–H groups in total. The molecular formula is C8H7BrF3NO. The molecule has 0 atom stereocenters. The Balaban J connectivity index is 3.24. The van der Waals surface area contributed by atoms with Gasteiger partial charge in [-0.2, -0.15) is 4.39 Å². The average molecular weight is 270 g/mol. The van der Waals surface area contributed by atoms with Crippen molar-refractivity contribution in [2.24, 2.45) is 0 Å². The highest BCUT2D eigenvalue weighted by molar-refractivity contribution is 9.08. The molecule has 2 nitrogen and oxygen atoms in total. The Labute approximate surface area is 86.9 Å². The van der Waals surface area contributed by atoms with Gasteiger partial charge in [0.05, 0.1) is 6.61 Å². The van der Waals surface area contributed by atoms with E-state index in [-0.39, 0.29) is 16.5 Å². The summed E-state index contributed by atoms with van der Waals surface area (Å²) in [7, 11) is 0. The minimum absolute atomic E-state index is 0.0455. The smallest absolute Gasteiger partial charge is 0.280 e. The van der Waals surface area contributed by atoms with E-state index in [1.54, 1.807) is 0 Å². The van der Waals surface area contributed by atoms with Crippen molar-refractivity contribution < 1.29 is 18.3 Å². The van der Waals surface area contributed by atoms with E-state index < -0.39 is 24.7 Å². The molecule has 0 unspecified atom stereocenters. The maximum atomic E-state index is 13.0. The van der Waals surface area contributed by atoms with E-state index in [4.69, 9.17) is 5.11 Å². The number of hydrogen-bond donors (Lipinski definition) is 1. The second-order valence-corrected chi connectivity index (χ2v) is 3.14. The van der Waals surface area contributed by atoms with E-state index >= 15 is 0 Å². The number of rotatable bonds is 3. The highest BCUT2D eigenvalue weighted by Crippen LogP contribution is 2.23. The first kappa shape index (κ1) is 11.5. The van der Waals surface area contributed by atoms with Gasteiger partial charge in [0, 0.05) is 16.5 Å². The molecule has 0 bridgehead atoms. The van der Waals surface area contributed by atoms with Crippen LogP contribution in [0.2, 0.25) is 0 Å². The molecule has 0 aliphatic carbocycles. The van der Waals surface area contributed by atoms with Gasteiger partial charge in [-0.15, -0.1) is 0 Å². The number of aromatic nitrogens is 1. The van der Waals surface area contributed by atoms with Crippen LogP contribution in [0.5, 0.6) is 0 Å². The third-order valence-corrected chi connectivity index (χ3v) is 2.29. The van der Waals surface area contributed by atoms with Crippen LogP contribution in [0.1, 0.15) is 23.2 Å². The number of pyridine rings is 1. The Kier molecular flexibility index (Phi) is 3.88. The van der Waals surface area contributed by atoms with Crippen LogP contribution in [-0.4, -0.2) is 10.1 Å². The summed E-state index contributed by atoms with van der Waals surface area (Å²) in [6, 6.07) is 1.18. The Morgan fingerprint density at radius 1 is 1.43 bits per heavy atom. The van der Waals surface area contributed by atoms with Crippen LogP contribution in [-0.2, 0) is 11.9 Å². The van der Waals surface area contributed by atoms with Crippen LogP contribution in [0.25, 0.3) is 0 Å². The first-order valence-electron chi connectivity index (χ1n) is 3.73. The Hall–Kier alpha value is -0.620. The molecule has 0 saturated carbocycles. The van der Waals surface area contributed by atoms with Crippen LogP contribution >= 0.6 is 15.9 Å². The first-order valence-corrected chi connectivity index (χ1v) is 4.85.